The molecule has 4 aromatic rings. The topological polar surface area (TPSA) is 120 Å². The number of nitrogens with zero attached hydrogens (tertiary/aromatic N) is 3. The van der Waals surface area contributed by atoms with E-state index in [1.165, 1.54) is 30.3 Å². The molecule has 13 heteroatoms. The summed E-state index contributed by atoms with van der Waals surface area (Å²) in [4.78, 5) is 12.9. The number of nitrogens with one attached hydrogen (secondary N) is 1. The van der Waals surface area contributed by atoms with Crippen LogP contribution < -0.4 is 23.8 Å². The van der Waals surface area contributed by atoms with Gasteiger partial charge < -0.3 is 14.2 Å². The van der Waals surface area contributed by atoms with E-state index < -0.39 is 28.3 Å². The fourth-order valence-corrected chi connectivity index (χ4v) is 5.85. The first-order chi connectivity index (χ1) is 18.3. The smallest absolute Gasteiger partial charge is 0.264 e. The minimum Gasteiger partial charge on any atom is -0.497 e. The van der Waals surface area contributed by atoms with Crippen LogP contribution in [0, 0.1) is 5.82 Å². The van der Waals surface area contributed by atoms with Crippen LogP contribution in [0.2, 0.25) is 0 Å². The van der Waals surface area contributed by atoms with Crippen molar-refractivity contribution < 1.29 is 31.8 Å². The Morgan fingerprint density at radius 1 is 1.03 bits per heavy atom. The third-order valence-corrected chi connectivity index (χ3v) is 8.17. The van der Waals surface area contributed by atoms with Crippen LogP contribution in [0.3, 0.4) is 0 Å². The van der Waals surface area contributed by atoms with Gasteiger partial charge in [-0.15, -0.1) is 10.2 Å². The van der Waals surface area contributed by atoms with Gasteiger partial charge in [-0.3, -0.25) is 14.4 Å². The van der Waals surface area contributed by atoms with E-state index in [1.807, 2.05) is 0 Å². The molecule has 0 saturated heterocycles. The molecule has 1 aliphatic rings. The van der Waals surface area contributed by atoms with Gasteiger partial charge in [0.15, 0.2) is 11.5 Å². The molecule has 38 heavy (non-hydrogen) atoms. The van der Waals surface area contributed by atoms with E-state index in [2.05, 4.69) is 15.5 Å². The van der Waals surface area contributed by atoms with Gasteiger partial charge in [0.05, 0.1) is 17.7 Å². The number of benzene rings is 3. The molecule has 0 radical (unpaired) electrons. The number of fused-ring (bicyclic) bond motifs is 1. The highest BCUT2D eigenvalue weighted by Crippen LogP contribution is 2.34. The van der Waals surface area contributed by atoms with Gasteiger partial charge in [-0.05, 0) is 60.7 Å². The number of amides is 1. The van der Waals surface area contributed by atoms with Crippen molar-refractivity contribution in [3.63, 3.8) is 0 Å². The highest BCUT2D eigenvalue weighted by atomic mass is 32.2. The standard InChI is InChI=1S/C25H21FN4O6S2/c1-34-19-8-2-16(3-9-19)24-28-29-25(37-24)27-23(31)15-30(18-6-4-17(26)5-7-18)38(32,33)20-10-11-21-22(14-20)36-13-12-35-21/h2-11,14H,12-13,15H2,1H3,(H,27,29,31). The molecule has 0 fully saturated rings. The molecule has 10 nitrogen and oxygen atoms in total. The minimum absolute atomic E-state index is 0.104. The molecule has 5 rings (SSSR count). The Hall–Kier alpha value is -4.23. The van der Waals surface area contributed by atoms with Crippen LogP contribution in [0.15, 0.2) is 71.6 Å². The van der Waals surface area contributed by atoms with Crippen LogP contribution in [-0.2, 0) is 14.8 Å². The predicted molar refractivity (Wildman–Crippen MR) is 139 cm³/mol. The summed E-state index contributed by atoms with van der Waals surface area (Å²) in [6.45, 7) is 0.0353. The van der Waals surface area contributed by atoms with E-state index in [-0.39, 0.29) is 28.1 Å². The molecule has 0 aliphatic carbocycles. The summed E-state index contributed by atoms with van der Waals surface area (Å²) in [6, 6.07) is 16.2. The quantitative estimate of drug-likeness (QED) is 0.346. The van der Waals surface area contributed by atoms with Crippen LogP contribution >= 0.6 is 11.3 Å². The molecule has 0 bridgehead atoms. The van der Waals surface area contributed by atoms with Crippen molar-refractivity contribution in [2.75, 3.05) is 36.5 Å². The Balaban J connectivity index is 1.39. The van der Waals surface area contributed by atoms with E-state index >= 15 is 0 Å². The van der Waals surface area contributed by atoms with E-state index in [0.29, 0.717) is 23.1 Å². The first-order valence-corrected chi connectivity index (χ1v) is 13.5. The maximum Gasteiger partial charge on any atom is 0.264 e. The summed E-state index contributed by atoms with van der Waals surface area (Å²) in [6.07, 6.45) is 0. The number of aromatic nitrogens is 2. The Labute approximate surface area is 221 Å². The third kappa shape index (κ3) is 5.38. The zero-order valence-corrected chi connectivity index (χ0v) is 21.6. The van der Waals surface area contributed by atoms with Gasteiger partial charge in [0.25, 0.3) is 10.0 Å². The number of sulfonamides is 1. The lowest BCUT2D eigenvalue weighted by atomic mass is 10.2. The van der Waals surface area contributed by atoms with Gasteiger partial charge in [0.1, 0.15) is 36.3 Å². The van der Waals surface area contributed by atoms with Crippen molar-refractivity contribution in [1.82, 2.24) is 10.2 Å². The number of methoxy groups -OCH3 is 1. The highest BCUT2D eigenvalue weighted by molar-refractivity contribution is 7.92. The number of rotatable bonds is 8. The minimum atomic E-state index is -4.26. The zero-order chi connectivity index (χ0) is 26.7. The molecule has 2 heterocycles. The summed E-state index contributed by atoms with van der Waals surface area (Å²) in [5, 5.41) is 11.4. The highest BCUT2D eigenvalue weighted by Gasteiger charge is 2.29. The van der Waals surface area contributed by atoms with Gasteiger partial charge in [0.2, 0.25) is 11.0 Å². The molecule has 0 atom stereocenters. The summed E-state index contributed by atoms with van der Waals surface area (Å²) < 4.78 is 57.9. The zero-order valence-electron chi connectivity index (χ0n) is 20.0. The molecule has 0 saturated carbocycles. The molecule has 1 N–H and O–H groups in total. The van der Waals surface area contributed by atoms with Crippen LogP contribution in [0.4, 0.5) is 15.2 Å². The summed E-state index contributed by atoms with van der Waals surface area (Å²) >= 11 is 1.13. The second-order valence-electron chi connectivity index (χ2n) is 7.98. The first kappa shape index (κ1) is 25.4. The van der Waals surface area contributed by atoms with Gasteiger partial charge in [-0.25, -0.2) is 12.8 Å². The van der Waals surface area contributed by atoms with Gasteiger partial charge >= 0.3 is 0 Å². The third-order valence-electron chi connectivity index (χ3n) is 5.51. The summed E-state index contributed by atoms with van der Waals surface area (Å²) in [5.41, 5.74) is 0.880. The fourth-order valence-electron chi connectivity index (χ4n) is 3.65. The van der Waals surface area contributed by atoms with Crippen molar-refractivity contribution in [3.05, 3.63) is 72.5 Å². The van der Waals surface area contributed by atoms with Gasteiger partial charge in [-0.2, -0.15) is 0 Å². The predicted octanol–water partition coefficient (Wildman–Crippen LogP) is 3.96. The molecule has 0 spiro atoms. The van der Waals surface area contributed by atoms with Crippen LogP contribution in [0.1, 0.15) is 0 Å². The largest absolute Gasteiger partial charge is 0.497 e. The van der Waals surface area contributed by atoms with E-state index in [0.717, 1.165) is 33.3 Å². The van der Waals surface area contributed by atoms with Crippen molar-refractivity contribution in [1.29, 1.82) is 0 Å². The average Bonchev–Trinajstić information content (AvgIpc) is 3.40. The Bertz CT molecular complexity index is 1560. The van der Waals surface area contributed by atoms with Gasteiger partial charge in [-0.1, -0.05) is 11.3 Å². The number of carbonyl (C=O) groups is 1. The number of carbonyl (C=O) groups excluding carboxylic acids is 1. The fraction of sp³-hybridized carbons (Fsp3) is 0.160. The van der Waals surface area contributed by atoms with E-state index in [9.17, 15) is 17.6 Å². The van der Waals surface area contributed by atoms with Crippen LogP contribution in [0.5, 0.6) is 17.2 Å². The normalized spacial score (nSPS) is 12.6. The molecule has 3 aromatic carbocycles. The summed E-state index contributed by atoms with van der Waals surface area (Å²) in [7, 11) is -2.70. The lowest BCUT2D eigenvalue weighted by molar-refractivity contribution is -0.114. The number of anilines is 2. The van der Waals surface area contributed by atoms with E-state index in [1.54, 1.807) is 31.4 Å². The molecule has 1 amide bonds. The number of halogens is 1. The second-order valence-corrected chi connectivity index (χ2v) is 10.8. The Morgan fingerprint density at radius 2 is 1.74 bits per heavy atom. The molecule has 1 aliphatic heterocycles. The van der Waals surface area contributed by atoms with E-state index in [4.69, 9.17) is 14.2 Å². The maximum atomic E-state index is 13.7. The van der Waals surface area contributed by atoms with Crippen LogP contribution in [-0.4, -0.2) is 51.4 Å². The molecule has 196 valence electrons. The monoisotopic (exact) mass is 556 g/mol. The number of ether oxygens (including phenoxy) is 3. The molecule has 0 unspecified atom stereocenters. The van der Waals surface area contributed by atoms with Crippen molar-refractivity contribution >= 4 is 38.1 Å². The Kier molecular flexibility index (Phi) is 7.11. The maximum absolute atomic E-state index is 13.7. The average molecular weight is 557 g/mol. The molecule has 1 aromatic heterocycles. The number of hydrogen-bond acceptors (Lipinski definition) is 9. The van der Waals surface area contributed by atoms with Gasteiger partial charge in [0, 0.05) is 11.6 Å². The van der Waals surface area contributed by atoms with Crippen molar-refractivity contribution in [3.8, 4) is 27.8 Å². The second kappa shape index (κ2) is 10.6. The lowest BCUT2D eigenvalue weighted by Gasteiger charge is -2.25. The lowest BCUT2D eigenvalue weighted by Crippen LogP contribution is -2.38. The van der Waals surface area contributed by atoms with Crippen LogP contribution in [0.25, 0.3) is 10.6 Å². The SMILES string of the molecule is COc1ccc(-c2nnc(NC(=O)CN(c3ccc(F)cc3)S(=O)(=O)c3ccc4c(c3)OCCO4)s2)cc1. The van der Waals surface area contributed by atoms with Crippen molar-refractivity contribution in [2.45, 2.75) is 4.90 Å². The molecular formula is C25H21FN4O6S2. The molecular weight excluding hydrogens is 535 g/mol. The first-order valence-electron chi connectivity index (χ1n) is 11.3. The Morgan fingerprint density at radius 3 is 2.45 bits per heavy atom. The summed E-state index contributed by atoms with van der Waals surface area (Å²) in [5.74, 6) is 0.181. The van der Waals surface area contributed by atoms with Crippen molar-refractivity contribution in [2.24, 2.45) is 0 Å². The number of hydrogen-bond donors (Lipinski definition) is 1.